The van der Waals surface area contributed by atoms with Gasteiger partial charge in [-0.1, -0.05) is 29.8 Å². The summed E-state index contributed by atoms with van der Waals surface area (Å²) in [6, 6.07) is 12.8. The van der Waals surface area contributed by atoms with Crippen LogP contribution in [0.25, 0.3) is 10.9 Å². The standard InChI is InChI=1S/C17H14ClN3O2/c1-11-6-7-12(18)8-15(11)21-16(22)9-23-17-13-4-2-3-5-14(13)19-10-20-17/h2-8,10H,9H2,1H3,(H,21,22). The molecule has 1 amide bonds. The predicted molar refractivity (Wildman–Crippen MR) is 89.9 cm³/mol. The topological polar surface area (TPSA) is 64.1 Å². The Bertz CT molecular complexity index is 862. The number of halogens is 1. The quantitative estimate of drug-likeness (QED) is 0.795. The number of para-hydroxylation sites is 1. The zero-order valence-electron chi connectivity index (χ0n) is 12.4. The molecule has 0 aliphatic carbocycles. The second-order valence-electron chi connectivity index (χ2n) is 4.99. The van der Waals surface area contributed by atoms with Gasteiger partial charge in [-0.25, -0.2) is 9.97 Å². The molecule has 0 saturated carbocycles. The van der Waals surface area contributed by atoms with Gasteiger partial charge in [0.05, 0.1) is 10.9 Å². The van der Waals surface area contributed by atoms with E-state index in [4.69, 9.17) is 16.3 Å². The number of fused-ring (bicyclic) bond motifs is 1. The minimum Gasteiger partial charge on any atom is -0.467 e. The van der Waals surface area contributed by atoms with Crippen LogP contribution < -0.4 is 10.1 Å². The first-order valence-corrected chi connectivity index (χ1v) is 7.40. The Morgan fingerprint density at radius 1 is 1.22 bits per heavy atom. The average Bonchev–Trinajstić information content (AvgIpc) is 2.56. The Morgan fingerprint density at radius 2 is 2.04 bits per heavy atom. The lowest BCUT2D eigenvalue weighted by molar-refractivity contribution is -0.118. The third-order valence-corrected chi connectivity index (χ3v) is 3.56. The maximum absolute atomic E-state index is 12.1. The molecule has 0 aliphatic rings. The van der Waals surface area contributed by atoms with Crippen molar-refractivity contribution in [2.24, 2.45) is 0 Å². The predicted octanol–water partition coefficient (Wildman–Crippen LogP) is 3.61. The maximum Gasteiger partial charge on any atom is 0.262 e. The van der Waals surface area contributed by atoms with E-state index in [1.807, 2.05) is 37.3 Å². The van der Waals surface area contributed by atoms with Crippen molar-refractivity contribution in [3.05, 3.63) is 59.4 Å². The minimum absolute atomic E-state index is 0.146. The molecule has 1 heterocycles. The molecule has 0 radical (unpaired) electrons. The molecule has 0 unspecified atom stereocenters. The summed E-state index contributed by atoms with van der Waals surface area (Å²) in [7, 11) is 0. The number of carbonyl (C=O) groups excluding carboxylic acids is 1. The van der Waals surface area contributed by atoms with Gasteiger partial charge in [0.1, 0.15) is 6.33 Å². The van der Waals surface area contributed by atoms with Gasteiger partial charge in [0.2, 0.25) is 5.88 Å². The van der Waals surface area contributed by atoms with Crippen molar-refractivity contribution in [2.45, 2.75) is 6.92 Å². The zero-order valence-corrected chi connectivity index (χ0v) is 13.2. The van der Waals surface area contributed by atoms with E-state index in [0.717, 1.165) is 16.5 Å². The van der Waals surface area contributed by atoms with E-state index >= 15 is 0 Å². The molecule has 3 rings (SSSR count). The fraction of sp³-hybridized carbons (Fsp3) is 0.118. The van der Waals surface area contributed by atoms with E-state index < -0.39 is 0 Å². The molecule has 2 aromatic carbocycles. The van der Waals surface area contributed by atoms with Crippen molar-refractivity contribution in [1.29, 1.82) is 0 Å². The number of amides is 1. The molecule has 0 fully saturated rings. The van der Waals surface area contributed by atoms with Crippen LogP contribution in [0.4, 0.5) is 5.69 Å². The summed E-state index contributed by atoms with van der Waals surface area (Å²) in [6.45, 7) is 1.75. The van der Waals surface area contributed by atoms with Gasteiger partial charge in [0.25, 0.3) is 5.91 Å². The summed E-state index contributed by atoms with van der Waals surface area (Å²) in [5, 5.41) is 4.11. The largest absolute Gasteiger partial charge is 0.467 e. The number of nitrogens with zero attached hydrogens (tertiary/aromatic N) is 2. The monoisotopic (exact) mass is 327 g/mol. The van der Waals surface area contributed by atoms with E-state index in [1.54, 1.807) is 12.1 Å². The van der Waals surface area contributed by atoms with Crippen molar-refractivity contribution in [3.8, 4) is 5.88 Å². The van der Waals surface area contributed by atoms with Crippen LogP contribution in [0.1, 0.15) is 5.56 Å². The molecule has 0 saturated heterocycles. The highest BCUT2D eigenvalue weighted by Crippen LogP contribution is 2.22. The van der Waals surface area contributed by atoms with Crippen molar-refractivity contribution in [3.63, 3.8) is 0 Å². The van der Waals surface area contributed by atoms with Crippen LogP contribution >= 0.6 is 11.6 Å². The first-order valence-electron chi connectivity index (χ1n) is 7.02. The van der Waals surface area contributed by atoms with Crippen molar-refractivity contribution in [2.75, 3.05) is 11.9 Å². The first kappa shape index (κ1) is 15.2. The number of rotatable bonds is 4. The summed E-state index contributed by atoms with van der Waals surface area (Å²) in [5.41, 5.74) is 2.36. The van der Waals surface area contributed by atoms with Gasteiger partial charge in [-0.2, -0.15) is 0 Å². The highest BCUT2D eigenvalue weighted by atomic mass is 35.5. The fourth-order valence-electron chi connectivity index (χ4n) is 2.14. The first-order chi connectivity index (χ1) is 11.1. The van der Waals surface area contributed by atoms with Crippen LogP contribution in [0.3, 0.4) is 0 Å². The Kier molecular flexibility index (Phi) is 4.39. The molecular weight excluding hydrogens is 314 g/mol. The van der Waals surface area contributed by atoms with Gasteiger partial charge in [0, 0.05) is 10.7 Å². The lowest BCUT2D eigenvalue weighted by Gasteiger charge is -2.10. The van der Waals surface area contributed by atoms with E-state index in [9.17, 15) is 4.79 Å². The molecule has 3 aromatic rings. The van der Waals surface area contributed by atoms with Gasteiger partial charge in [-0.3, -0.25) is 4.79 Å². The molecule has 1 N–H and O–H groups in total. The van der Waals surface area contributed by atoms with Crippen LogP contribution in [0.15, 0.2) is 48.8 Å². The number of hydrogen-bond acceptors (Lipinski definition) is 4. The number of benzene rings is 2. The van der Waals surface area contributed by atoms with Crippen LogP contribution in [0.5, 0.6) is 5.88 Å². The number of aromatic nitrogens is 2. The molecule has 0 bridgehead atoms. The Labute approximate surface area is 138 Å². The van der Waals surface area contributed by atoms with Crippen molar-refractivity contribution < 1.29 is 9.53 Å². The highest BCUT2D eigenvalue weighted by Gasteiger charge is 2.09. The number of carbonyl (C=O) groups is 1. The normalized spacial score (nSPS) is 10.5. The van der Waals surface area contributed by atoms with Crippen molar-refractivity contribution >= 4 is 34.1 Å². The molecule has 0 aliphatic heterocycles. The third-order valence-electron chi connectivity index (χ3n) is 3.32. The number of aryl methyl sites for hydroxylation is 1. The van der Waals surface area contributed by atoms with Gasteiger partial charge in [-0.15, -0.1) is 0 Å². The molecule has 5 nitrogen and oxygen atoms in total. The summed E-state index contributed by atoms with van der Waals surface area (Å²) >= 11 is 5.94. The zero-order chi connectivity index (χ0) is 16.2. The van der Waals surface area contributed by atoms with E-state index in [0.29, 0.717) is 16.6 Å². The summed E-state index contributed by atoms with van der Waals surface area (Å²) in [4.78, 5) is 20.3. The third kappa shape index (κ3) is 3.57. The van der Waals surface area contributed by atoms with Crippen LogP contribution in [-0.4, -0.2) is 22.5 Å². The maximum atomic E-state index is 12.1. The van der Waals surface area contributed by atoms with Gasteiger partial charge >= 0.3 is 0 Å². The summed E-state index contributed by atoms with van der Waals surface area (Å²) < 4.78 is 5.53. The lowest BCUT2D eigenvalue weighted by Crippen LogP contribution is -2.21. The van der Waals surface area contributed by atoms with Crippen LogP contribution in [0.2, 0.25) is 5.02 Å². The van der Waals surface area contributed by atoms with Gasteiger partial charge in [-0.05, 0) is 36.8 Å². The fourth-order valence-corrected chi connectivity index (χ4v) is 2.32. The Balaban J connectivity index is 1.70. The highest BCUT2D eigenvalue weighted by molar-refractivity contribution is 6.31. The number of hydrogen-bond donors (Lipinski definition) is 1. The molecule has 1 aromatic heterocycles. The van der Waals surface area contributed by atoms with Crippen molar-refractivity contribution in [1.82, 2.24) is 9.97 Å². The molecule has 0 atom stereocenters. The lowest BCUT2D eigenvalue weighted by atomic mass is 10.2. The number of ether oxygens (including phenoxy) is 1. The van der Waals surface area contributed by atoms with E-state index in [2.05, 4.69) is 15.3 Å². The summed E-state index contributed by atoms with van der Waals surface area (Å²) in [5.74, 6) is 0.103. The van der Waals surface area contributed by atoms with Crippen LogP contribution in [-0.2, 0) is 4.79 Å². The van der Waals surface area contributed by atoms with Gasteiger partial charge < -0.3 is 10.1 Å². The second-order valence-corrected chi connectivity index (χ2v) is 5.43. The molecule has 116 valence electrons. The molecule has 6 heteroatoms. The smallest absolute Gasteiger partial charge is 0.262 e. The number of nitrogens with one attached hydrogen (secondary N) is 1. The van der Waals surface area contributed by atoms with Crippen LogP contribution in [0, 0.1) is 6.92 Å². The second kappa shape index (κ2) is 6.62. The molecule has 0 spiro atoms. The Morgan fingerprint density at radius 3 is 2.91 bits per heavy atom. The van der Waals surface area contributed by atoms with E-state index in [1.165, 1.54) is 6.33 Å². The minimum atomic E-state index is -0.280. The summed E-state index contributed by atoms with van der Waals surface area (Å²) in [6.07, 6.45) is 1.41. The Hall–Kier alpha value is -2.66. The SMILES string of the molecule is Cc1ccc(Cl)cc1NC(=O)COc1ncnc2ccccc12. The molecule has 23 heavy (non-hydrogen) atoms. The average molecular weight is 328 g/mol. The number of anilines is 1. The molecular formula is C17H14ClN3O2. The van der Waals surface area contributed by atoms with Gasteiger partial charge in [0.15, 0.2) is 6.61 Å². The van der Waals surface area contributed by atoms with E-state index in [-0.39, 0.29) is 12.5 Å².